The Bertz CT molecular complexity index is 799. The Morgan fingerprint density at radius 3 is 1.96 bits per heavy atom. The van der Waals surface area contributed by atoms with Gasteiger partial charge in [-0.25, -0.2) is 9.97 Å². The minimum Gasteiger partial charge on any atom is -0.361 e. The van der Waals surface area contributed by atoms with Crippen LogP contribution in [-0.4, -0.2) is 9.97 Å². The van der Waals surface area contributed by atoms with Crippen molar-refractivity contribution in [3.05, 3.63) is 87.4 Å². The van der Waals surface area contributed by atoms with E-state index in [1.54, 1.807) is 6.07 Å². The largest absolute Gasteiger partial charge is 0.361 e. The second-order valence-electron chi connectivity index (χ2n) is 6.09. The van der Waals surface area contributed by atoms with Crippen LogP contribution < -0.4 is 5.32 Å². The smallest absolute Gasteiger partial charge is 0.212 e. The third-order valence-corrected chi connectivity index (χ3v) is 5.26. The maximum absolute atomic E-state index is 12.0. The zero-order valence-electron chi connectivity index (χ0n) is 14.0. The van der Waals surface area contributed by atoms with Crippen LogP contribution in [0.3, 0.4) is 0 Å². The zero-order valence-corrected chi connectivity index (χ0v) is 17.2. The number of hydrogen-bond acceptors (Lipinski definition) is 3. The van der Waals surface area contributed by atoms with E-state index in [0.717, 1.165) is 14.8 Å². The number of rotatable bonds is 3. The molecule has 1 fully saturated rings. The van der Waals surface area contributed by atoms with Gasteiger partial charge in [-0.2, -0.15) is 4.39 Å². The van der Waals surface area contributed by atoms with E-state index in [4.69, 9.17) is 0 Å². The van der Waals surface area contributed by atoms with Crippen LogP contribution in [0.15, 0.2) is 75.9 Å². The van der Waals surface area contributed by atoms with Crippen molar-refractivity contribution in [1.82, 2.24) is 9.97 Å². The molecular weight excluding hydrogens is 461 g/mol. The van der Waals surface area contributed by atoms with Gasteiger partial charge in [-0.3, -0.25) is 0 Å². The molecule has 0 atom stereocenters. The third kappa shape index (κ3) is 4.89. The van der Waals surface area contributed by atoms with Gasteiger partial charge in [0.05, 0.1) is 5.54 Å². The number of nitrogens with one attached hydrogen (secondary N) is 1. The quantitative estimate of drug-likeness (QED) is 0.447. The first-order valence-electron chi connectivity index (χ1n) is 8.30. The molecule has 2 aromatic heterocycles. The molecule has 2 heterocycles. The molecule has 0 bridgehead atoms. The standard InChI is InChI=1S/C15H15BrN2.C5H3BrFN/c16-13-7-8-14(17-11-13)18-15(9-4-10-15)12-5-2-1-3-6-12;6-4-1-2-5(7)8-3-4/h1-3,5-8,11H,4,9-10H2,(H,17,18);1-3H. The first-order chi connectivity index (χ1) is 12.6. The van der Waals surface area contributed by atoms with Crippen LogP contribution in [0.1, 0.15) is 24.8 Å². The lowest BCUT2D eigenvalue weighted by Crippen LogP contribution is -2.42. The Morgan fingerprint density at radius 1 is 0.846 bits per heavy atom. The number of pyridine rings is 2. The van der Waals surface area contributed by atoms with E-state index in [2.05, 4.69) is 77.5 Å². The number of halogens is 3. The van der Waals surface area contributed by atoms with Gasteiger partial charge in [0.15, 0.2) is 0 Å². The van der Waals surface area contributed by atoms with Crippen LogP contribution >= 0.6 is 31.9 Å². The van der Waals surface area contributed by atoms with Crippen molar-refractivity contribution in [2.45, 2.75) is 24.8 Å². The van der Waals surface area contributed by atoms with E-state index in [1.807, 2.05) is 18.3 Å². The molecule has 26 heavy (non-hydrogen) atoms. The minimum atomic E-state index is -0.451. The molecule has 1 N–H and O–H groups in total. The van der Waals surface area contributed by atoms with Gasteiger partial charge in [0.1, 0.15) is 5.82 Å². The fourth-order valence-corrected chi connectivity index (χ4v) is 3.30. The predicted molar refractivity (Wildman–Crippen MR) is 109 cm³/mol. The summed E-state index contributed by atoms with van der Waals surface area (Å²) in [5.41, 5.74) is 1.45. The number of nitrogens with zero attached hydrogens (tertiary/aromatic N) is 2. The summed E-state index contributed by atoms with van der Waals surface area (Å²) in [6.07, 6.45) is 6.87. The van der Waals surface area contributed by atoms with Crippen molar-refractivity contribution in [2.75, 3.05) is 5.32 Å². The lowest BCUT2D eigenvalue weighted by molar-refractivity contribution is 0.283. The molecule has 3 aromatic rings. The van der Waals surface area contributed by atoms with Crippen LogP contribution in [0.5, 0.6) is 0 Å². The van der Waals surface area contributed by atoms with Crippen LogP contribution in [0, 0.1) is 5.95 Å². The van der Waals surface area contributed by atoms with Crippen molar-refractivity contribution < 1.29 is 4.39 Å². The Labute approximate surface area is 169 Å². The van der Waals surface area contributed by atoms with Gasteiger partial charge in [0.25, 0.3) is 0 Å². The second-order valence-corrected chi connectivity index (χ2v) is 7.92. The van der Waals surface area contributed by atoms with E-state index < -0.39 is 5.95 Å². The summed E-state index contributed by atoms with van der Waals surface area (Å²) in [7, 11) is 0. The molecule has 1 saturated carbocycles. The van der Waals surface area contributed by atoms with Gasteiger partial charge in [-0.1, -0.05) is 30.3 Å². The van der Waals surface area contributed by atoms with Gasteiger partial charge in [0.2, 0.25) is 5.95 Å². The Morgan fingerprint density at radius 2 is 1.50 bits per heavy atom. The van der Waals surface area contributed by atoms with Crippen molar-refractivity contribution >= 4 is 37.7 Å². The fraction of sp³-hybridized carbons (Fsp3) is 0.200. The van der Waals surface area contributed by atoms with Crippen molar-refractivity contribution in [1.29, 1.82) is 0 Å². The van der Waals surface area contributed by atoms with Crippen LogP contribution in [-0.2, 0) is 5.54 Å². The molecule has 134 valence electrons. The molecule has 0 saturated heterocycles. The molecule has 1 aliphatic carbocycles. The zero-order chi connectivity index (χ0) is 18.4. The van der Waals surface area contributed by atoms with Crippen molar-refractivity contribution in [3.63, 3.8) is 0 Å². The molecule has 3 nitrogen and oxygen atoms in total. The summed E-state index contributed by atoms with van der Waals surface area (Å²) in [6, 6.07) is 17.6. The average molecular weight is 479 g/mol. The molecule has 0 amide bonds. The molecular formula is C20H18Br2FN3. The predicted octanol–water partition coefficient (Wildman–Crippen LogP) is 6.32. The SMILES string of the molecule is Brc1ccc(NC2(c3ccccc3)CCC2)nc1.Fc1ccc(Br)cn1. The van der Waals surface area contributed by atoms with Gasteiger partial charge in [0, 0.05) is 21.3 Å². The summed E-state index contributed by atoms with van der Waals surface area (Å²) in [5, 5.41) is 3.60. The van der Waals surface area contributed by atoms with Gasteiger partial charge in [-0.05, 0) is 81.0 Å². The Balaban J connectivity index is 0.000000206. The highest BCUT2D eigenvalue weighted by Crippen LogP contribution is 2.43. The number of anilines is 1. The number of hydrogen-bond donors (Lipinski definition) is 1. The lowest BCUT2D eigenvalue weighted by Gasteiger charge is -2.43. The minimum absolute atomic E-state index is 0.0854. The summed E-state index contributed by atoms with van der Waals surface area (Å²) in [6.45, 7) is 0. The van der Waals surface area contributed by atoms with E-state index in [0.29, 0.717) is 0 Å². The molecule has 0 radical (unpaired) electrons. The Hall–Kier alpha value is -1.79. The third-order valence-electron chi connectivity index (χ3n) is 4.32. The highest BCUT2D eigenvalue weighted by Gasteiger charge is 2.38. The molecule has 1 aromatic carbocycles. The monoisotopic (exact) mass is 477 g/mol. The van der Waals surface area contributed by atoms with Gasteiger partial charge < -0.3 is 5.32 Å². The van der Waals surface area contributed by atoms with E-state index in [-0.39, 0.29) is 5.54 Å². The molecule has 1 aliphatic rings. The van der Waals surface area contributed by atoms with Crippen LogP contribution in [0.25, 0.3) is 0 Å². The van der Waals surface area contributed by atoms with Crippen molar-refractivity contribution in [3.8, 4) is 0 Å². The summed E-state index contributed by atoms with van der Waals surface area (Å²) >= 11 is 6.53. The topological polar surface area (TPSA) is 37.8 Å². The van der Waals surface area contributed by atoms with E-state index in [9.17, 15) is 4.39 Å². The maximum atomic E-state index is 12.0. The first kappa shape index (κ1) is 19.0. The number of aromatic nitrogens is 2. The van der Waals surface area contributed by atoms with E-state index >= 15 is 0 Å². The summed E-state index contributed by atoms with van der Waals surface area (Å²) < 4.78 is 13.8. The molecule has 6 heteroatoms. The summed E-state index contributed by atoms with van der Waals surface area (Å²) in [5.74, 6) is 0.495. The first-order valence-corrected chi connectivity index (χ1v) is 9.88. The molecule has 0 unspecified atom stereocenters. The highest BCUT2D eigenvalue weighted by molar-refractivity contribution is 9.10. The average Bonchev–Trinajstić information content (AvgIpc) is 2.64. The highest BCUT2D eigenvalue weighted by atomic mass is 79.9. The van der Waals surface area contributed by atoms with Crippen LogP contribution in [0.2, 0.25) is 0 Å². The fourth-order valence-electron chi connectivity index (χ4n) is 2.83. The maximum Gasteiger partial charge on any atom is 0.212 e. The summed E-state index contributed by atoms with van der Waals surface area (Å²) in [4.78, 5) is 7.78. The molecule has 0 spiro atoms. The second kappa shape index (κ2) is 8.73. The van der Waals surface area contributed by atoms with Gasteiger partial charge >= 0.3 is 0 Å². The lowest BCUT2D eigenvalue weighted by atomic mass is 9.72. The molecule has 0 aliphatic heterocycles. The van der Waals surface area contributed by atoms with Gasteiger partial charge in [-0.15, -0.1) is 0 Å². The van der Waals surface area contributed by atoms with Crippen molar-refractivity contribution in [2.24, 2.45) is 0 Å². The van der Waals surface area contributed by atoms with E-state index in [1.165, 1.54) is 37.1 Å². The Kier molecular flexibility index (Phi) is 6.38. The number of benzene rings is 1. The normalized spacial score (nSPS) is 14.6. The van der Waals surface area contributed by atoms with Crippen LogP contribution in [0.4, 0.5) is 10.2 Å². The molecule has 4 rings (SSSR count).